The highest BCUT2D eigenvalue weighted by atomic mass is 79.9. The predicted octanol–water partition coefficient (Wildman–Crippen LogP) is 3.45. The third kappa shape index (κ3) is 2.94. The monoisotopic (exact) mass is 336 g/mol. The van der Waals surface area contributed by atoms with Crippen LogP contribution in [0.1, 0.15) is 12.8 Å². The van der Waals surface area contributed by atoms with Crippen molar-refractivity contribution in [3.63, 3.8) is 0 Å². The molecule has 2 rings (SSSR count). The minimum atomic E-state index is -0.131. The Bertz CT molecular complexity index is 447. The van der Waals surface area contributed by atoms with Crippen LogP contribution in [0.3, 0.4) is 0 Å². The molecule has 0 saturated carbocycles. The Labute approximate surface area is 118 Å². The van der Waals surface area contributed by atoms with Gasteiger partial charge < -0.3 is 10.6 Å². The highest BCUT2D eigenvalue weighted by molar-refractivity contribution is 9.10. The zero-order valence-corrected chi connectivity index (χ0v) is 12.0. The molecule has 0 radical (unpaired) electrons. The first-order valence-corrected chi connectivity index (χ1v) is 6.82. The number of benzene rings is 1. The summed E-state index contributed by atoms with van der Waals surface area (Å²) in [4.78, 5) is 11.9. The van der Waals surface area contributed by atoms with Crippen LogP contribution < -0.4 is 10.6 Å². The highest BCUT2D eigenvalue weighted by Crippen LogP contribution is 2.35. The number of hydrogen-bond donors (Lipinski definition) is 2. The van der Waals surface area contributed by atoms with Crippen LogP contribution in [-0.4, -0.2) is 18.5 Å². The number of anilines is 1. The van der Waals surface area contributed by atoms with E-state index in [-0.39, 0.29) is 11.9 Å². The van der Waals surface area contributed by atoms with Crippen LogP contribution in [0, 0.1) is 0 Å². The van der Waals surface area contributed by atoms with Crippen molar-refractivity contribution >= 4 is 50.7 Å². The van der Waals surface area contributed by atoms with Gasteiger partial charge in [0.2, 0.25) is 5.91 Å². The van der Waals surface area contributed by atoms with Gasteiger partial charge in [-0.2, -0.15) is 0 Å². The lowest BCUT2D eigenvalue weighted by Crippen LogP contribution is -2.35. The quantitative estimate of drug-likeness (QED) is 0.811. The second kappa shape index (κ2) is 5.57. The molecule has 1 aromatic carbocycles. The number of nitrogens with one attached hydrogen (secondary N) is 2. The summed E-state index contributed by atoms with van der Waals surface area (Å²) in [6, 6.07) is 3.35. The molecular weight excluding hydrogens is 327 g/mol. The van der Waals surface area contributed by atoms with E-state index in [1.165, 1.54) is 0 Å². The molecule has 0 aromatic heterocycles. The summed E-state index contributed by atoms with van der Waals surface area (Å²) in [6.07, 6.45) is 1.88. The van der Waals surface area contributed by atoms with E-state index in [1.54, 1.807) is 12.1 Å². The molecule has 1 aliphatic heterocycles. The van der Waals surface area contributed by atoms with Gasteiger partial charge in [-0.1, -0.05) is 23.2 Å². The second-order valence-electron chi connectivity index (χ2n) is 3.86. The van der Waals surface area contributed by atoms with Crippen molar-refractivity contribution < 1.29 is 4.79 Å². The minimum Gasteiger partial charge on any atom is -0.323 e. The van der Waals surface area contributed by atoms with E-state index < -0.39 is 0 Å². The first kappa shape index (κ1) is 13.1. The van der Waals surface area contributed by atoms with Gasteiger partial charge >= 0.3 is 0 Å². The molecule has 0 bridgehead atoms. The molecule has 0 unspecified atom stereocenters. The van der Waals surface area contributed by atoms with Crippen LogP contribution in [0.4, 0.5) is 5.69 Å². The van der Waals surface area contributed by atoms with E-state index in [2.05, 4.69) is 26.6 Å². The molecule has 1 fully saturated rings. The molecular formula is C11H11BrCl2N2O. The van der Waals surface area contributed by atoms with Crippen molar-refractivity contribution in [2.75, 3.05) is 11.9 Å². The van der Waals surface area contributed by atoms with Crippen LogP contribution in [0.15, 0.2) is 16.6 Å². The predicted molar refractivity (Wildman–Crippen MR) is 73.8 cm³/mol. The molecule has 2 N–H and O–H groups in total. The average molecular weight is 338 g/mol. The van der Waals surface area contributed by atoms with Gasteiger partial charge in [0.25, 0.3) is 0 Å². The fourth-order valence-corrected chi connectivity index (χ4v) is 2.57. The summed E-state index contributed by atoms with van der Waals surface area (Å²) in [5.74, 6) is -0.0669. The van der Waals surface area contributed by atoms with Gasteiger partial charge in [-0.05, 0) is 47.4 Å². The molecule has 1 atom stereocenters. The van der Waals surface area contributed by atoms with Gasteiger partial charge in [-0.3, -0.25) is 4.79 Å². The SMILES string of the molecule is O=C(Nc1ccc(Br)c(Cl)c1Cl)[C@@H]1CCCN1. The first-order valence-electron chi connectivity index (χ1n) is 5.27. The van der Waals surface area contributed by atoms with Gasteiger partial charge in [-0.25, -0.2) is 0 Å². The Kier molecular flexibility index (Phi) is 4.31. The zero-order chi connectivity index (χ0) is 12.4. The summed E-state index contributed by atoms with van der Waals surface area (Å²) < 4.78 is 0.709. The lowest BCUT2D eigenvalue weighted by molar-refractivity contribution is -0.117. The summed E-state index contributed by atoms with van der Waals surface area (Å²) in [7, 11) is 0. The molecule has 1 heterocycles. The average Bonchev–Trinajstić information content (AvgIpc) is 2.83. The molecule has 1 aromatic rings. The number of carbonyl (C=O) groups is 1. The van der Waals surface area contributed by atoms with Gasteiger partial charge in [-0.15, -0.1) is 0 Å². The third-order valence-electron chi connectivity index (χ3n) is 2.67. The topological polar surface area (TPSA) is 41.1 Å². The molecule has 3 nitrogen and oxygen atoms in total. The lowest BCUT2D eigenvalue weighted by atomic mass is 10.2. The van der Waals surface area contributed by atoms with Gasteiger partial charge in [0.15, 0.2) is 0 Å². The summed E-state index contributed by atoms with van der Waals surface area (Å²) in [5.41, 5.74) is 0.540. The fraction of sp³-hybridized carbons (Fsp3) is 0.364. The van der Waals surface area contributed by atoms with E-state index in [1.807, 2.05) is 0 Å². The van der Waals surface area contributed by atoms with E-state index in [0.29, 0.717) is 20.2 Å². The molecule has 17 heavy (non-hydrogen) atoms. The van der Waals surface area contributed by atoms with E-state index in [9.17, 15) is 4.79 Å². The Balaban J connectivity index is 2.13. The molecule has 1 aliphatic rings. The number of rotatable bonds is 2. The number of halogens is 3. The number of hydrogen-bond acceptors (Lipinski definition) is 2. The molecule has 92 valence electrons. The fourth-order valence-electron chi connectivity index (χ4n) is 1.75. The Morgan fingerprint density at radius 3 is 2.82 bits per heavy atom. The van der Waals surface area contributed by atoms with Crippen LogP contribution in [0.5, 0.6) is 0 Å². The lowest BCUT2D eigenvalue weighted by Gasteiger charge is -2.13. The summed E-state index contributed by atoms with van der Waals surface area (Å²) in [5, 5.41) is 6.67. The Morgan fingerprint density at radius 2 is 2.18 bits per heavy atom. The smallest absolute Gasteiger partial charge is 0.241 e. The first-order chi connectivity index (χ1) is 8.09. The molecule has 0 aliphatic carbocycles. The van der Waals surface area contributed by atoms with Crippen molar-refractivity contribution in [1.29, 1.82) is 0 Å². The van der Waals surface area contributed by atoms with E-state index in [0.717, 1.165) is 19.4 Å². The largest absolute Gasteiger partial charge is 0.323 e. The summed E-state index contributed by atoms with van der Waals surface area (Å²) >= 11 is 15.3. The second-order valence-corrected chi connectivity index (χ2v) is 5.47. The van der Waals surface area contributed by atoms with Crippen molar-refractivity contribution in [2.24, 2.45) is 0 Å². The highest BCUT2D eigenvalue weighted by Gasteiger charge is 2.22. The van der Waals surface area contributed by atoms with Crippen molar-refractivity contribution in [1.82, 2.24) is 5.32 Å². The standard InChI is InChI=1S/C11H11BrCl2N2O/c12-6-3-4-7(10(14)9(6)13)16-11(17)8-2-1-5-15-8/h3-4,8,15H,1-2,5H2,(H,16,17)/t8-/m0/s1. The van der Waals surface area contributed by atoms with Crippen molar-refractivity contribution in [2.45, 2.75) is 18.9 Å². The molecule has 1 saturated heterocycles. The van der Waals surface area contributed by atoms with Gasteiger partial charge in [0, 0.05) is 4.47 Å². The minimum absolute atomic E-state index is 0.0669. The molecule has 0 spiro atoms. The van der Waals surface area contributed by atoms with Crippen molar-refractivity contribution in [3.8, 4) is 0 Å². The van der Waals surface area contributed by atoms with E-state index >= 15 is 0 Å². The summed E-state index contributed by atoms with van der Waals surface area (Å²) in [6.45, 7) is 0.882. The molecule has 6 heteroatoms. The van der Waals surface area contributed by atoms with E-state index in [4.69, 9.17) is 23.2 Å². The number of amides is 1. The van der Waals surface area contributed by atoms with Gasteiger partial charge in [0.1, 0.15) is 0 Å². The normalized spacial score (nSPS) is 19.4. The van der Waals surface area contributed by atoms with Crippen molar-refractivity contribution in [3.05, 3.63) is 26.7 Å². The van der Waals surface area contributed by atoms with Gasteiger partial charge in [0.05, 0.1) is 21.8 Å². The third-order valence-corrected chi connectivity index (χ3v) is 4.44. The van der Waals surface area contributed by atoms with Crippen LogP contribution in [-0.2, 0) is 4.79 Å². The zero-order valence-electron chi connectivity index (χ0n) is 8.90. The van der Waals surface area contributed by atoms with Crippen LogP contribution in [0.25, 0.3) is 0 Å². The molecule has 1 amide bonds. The Morgan fingerprint density at radius 1 is 1.41 bits per heavy atom. The maximum absolute atomic E-state index is 11.9. The maximum Gasteiger partial charge on any atom is 0.241 e. The Hall–Kier alpha value is -0.290. The van der Waals surface area contributed by atoms with Crippen LogP contribution >= 0.6 is 39.1 Å². The van der Waals surface area contributed by atoms with Crippen LogP contribution in [0.2, 0.25) is 10.0 Å². The maximum atomic E-state index is 11.9. The number of carbonyl (C=O) groups excluding carboxylic acids is 1.